The Balaban J connectivity index is 1.99. The van der Waals surface area contributed by atoms with Crippen LogP contribution in [-0.2, 0) is 11.2 Å². The van der Waals surface area contributed by atoms with Crippen LogP contribution in [0.1, 0.15) is 12.0 Å². The Labute approximate surface area is 135 Å². The SMILES string of the molecule is Nc1cccc(CCC(=O)Nc2c(Cl)cc(F)cc2Br)c1. The van der Waals surface area contributed by atoms with E-state index in [0.29, 0.717) is 22.3 Å². The number of benzene rings is 2. The molecule has 0 aliphatic heterocycles. The molecule has 0 heterocycles. The second-order valence-electron chi connectivity index (χ2n) is 4.54. The molecule has 0 aromatic heterocycles. The van der Waals surface area contributed by atoms with Crippen LogP contribution in [0.4, 0.5) is 15.8 Å². The van der Waals surface area contributed by atoms with E-state index < -0.39 is 5.82 Å². The van der Waals surface area contributed by atoms with Gasteiger partial charge in [0, 0.05) is 16.6 Å². The summed E-state index contributed by atoms with van der Waals surface area (Å²) >= 11 is 9.09. The average molecular weight is 372 g/mol. The minimum atomic E-state index is -0.468. The first kappa shape index (κ1) is 15.8. The molecule has 2 rings (SSSR count). The summed E-state index contributed by atoms with van der Waals surface area (Å²) in [5.41, 5.74) is 7.70. The standard InChI is InChI=1S/C15H13BrClFN2O/c16-12-7-10(18)8-13(17)15(12)20-14(21)5-4-9-2-1-3-11(19)6-9/h1-3,6-8H,4-5,19H2,(H,20,21). The molecule has 0 saturated carbocycles. The monoisotopic (exact) mass is 370 g/mol. The Bertz CT molecular complexity index is 655. The number of nitrogens with two attached hydrogens (primary N) is 1. The Morgan fingerprint density at radius 2 is 2.10 bits per heavy atom. The number of anilines is 2. The lowest BCUT2D eigenvalue weighted by Gasteiger charge is -2.10. The first-order chi connectivity index (χ1) is 9.95. The van der Waals surface area contributed by atoms with E-state index in [2.05, 4.69) is 21.2 Å². The van der Waals surface area contributed by atoms with Gasteiger partial charge in [0.15, 0.2) is 0 Å². The summed E-state index contributed by atoms with van der Waals surface area (Å²) in [7, 11) is 0. The van der Waals surface area contributed by atoms with Gasteiger partial charge in [0.25, 0.3) is 0 Å². The van der Waals surface area contributed by atoms with Crippen LogP contribution >= 0.6 is 27.5 Å². The lowest BCUT2D eigenvalue weighted by atomic mass is 10.1. The third kappa shape index (κ3) is 4.44. The summed E-state index contributed by atoms with van der Waals surface area (Å²) < 4.78 is 13.5. The fourth-order valence-corrected chi connectivity index (χ4v) is 2.77. The van der Waals surface area contributed by atoms with Crippen molar-refractivity contribution in [1.82, 2.24) is 0 Å². The molecule has 0 radical (unpaired) electrons. The zero-order chi connectivity index (χ0) is 15.4. The number of aryl methyl sites for hydroxylation is 1. The van der Waals surface area contributed by atoms with Crippen molar-refractivity contribution in [3.63, 3.8) is 0 Å². The number of rotatable bonds is 4. The topological polar surface area (TPSA) is 55.1 Å². The number of hydrogen-bond acceptors (Lipinski definition) is 2. The summed E-state index contributed by atoms with van der Waals surface area (Å²) in [5.74, 6) is -0.670. The van der Waals surface area contributed by atoms with Gasteiger partial charge in [0.05, 0.1) is 10.7 Å². The Morgan fingerprint density at radius 3 is 2.76 bits per heavy atom. The molecule has 0 saturated heterocycles. The largest absolute Gasteiger partial charge is 0.399 e. The quantitative estimate of drug-likeness (QED) is 0.783. The van der Waals surface area contributed by atoms with Crippen molar-refractivity contribution >= 4 is 44.8 Å². The molecule has 2 aromatic carbocycles. The van der Waals surface area contributed by atoms with Gasteiger partial charge in [-0.3, -0.25) is 4.79 Å². The summed E-state index contributed by atoms with van der Waals surface area (Å²) in [5, 5.41) is 2.83. The molecule has 0 unspecified atom stereocenters. The molecule has 3 nitrogen and oxygen atoms in total. The van der Waals surface area contributed by atoms with E-state index in [1.807, 2.05) is 18.2 Å². The molecule has 21 heavy (non-hydrogen) atoms. The summed E-state index contributed by atoms with van der Waals surface area (Å²) in [6.07, 6.45) is 0.844. The number of hydrogen-bond donors (Lipinski definition) is 2. The first-order valence-corrected chi connectivity index (χ1v) is 7.41. The molecule has 3 N–H and O–H groups in total. The molecule has 110 valence electrons. The fraction of sp³-hybridized carbons (Fsp3) is 0.133. The molecule has 0 fully saturated rings. The molecular formula is C15H13BrClFN2O. The summed E-state index contributed by atoms with van der Waals surface area (Å²) in [4.78, 5) is 11.9. The average Bonchev–Trinajstić information content (AvgIpc) is 2.40. The molecule has 1 amide bonds. The van der Waals surface area contributed by atoms with E-state index >= 15 is 0 Å². The summed E-state index contributed by atoms with van der Waals surface area (Å²) in [6, 6.07) is 9.77. The van der Waals surface area contributed by atoms with Gasteiger partial charge in [-0.05, 0) is 52.2 Å². The minimum Gasteiger partial charge on any atom is -0.399 e. The molecule has 0 bridgehead atoms. The van der Waals surface area contributed by atoms with E-state index in [4.69, 9.17) is 17.3 Å². The predicted molar refractivity (Wildman–Crippen MR) is 86.9 cm³/mol. The molecule has 2 aromatic rings. The van der Waals surface area contributed by atoms with Crippen LogP contribution in [-0.4, -0.2) is 5.91 Å². The van der Waals surface area contributed by atoms with Crippen molar-refractivity contribution in [2.24, 2.45) is 0 Å². The van der Waals surface area contributed by atoms with Gasteiger partial charge in [-0.2, -0.15) is 0 Å². The van der Waals surface area contributed by atoms with Gasteiger partial charge >= 0.3 is 0 Å². The highest BCUT2D eigenvalue weighted by atomic mass is 79.9. The maximum absolute atomic E-state index is 13.1. The number of carbonyl (C=O) groups is 1. The zero-order valence-corrected chi connectivity index (χ0v) is 13.3. The molecule has 0 aliphatic carbocycles. The molecular weight excluding hydrogens is 359 g/mol. The Kier molecular flexibility index (Phi) is 5.20. The molecule has 0 spiro atoms. The van der Waals surface area contributed by atoms with Crippen LogP contribution in [0, 0.1) is 5.82 Å². The maximum Gasteiger partial charge on any atom is 0.224 e. The highest BCUT2D eigenvalue weighted by Crippen LogP contribution is 2.31. The minimum absolute atomic E-state index is 0.152. The van der Waals surface area contributed by atoms with Crippen molar-refractivity contribution < 1.29 is 9.18 Å². The third-order valence-electron chi connectivity index (χ3n) is 2.86. The molecule has 0 aliphatic rings. The van der Waals surface area contributed by atoms with E-state index in [1.54, 1.807) is 6.07 Å². The second-order valence-corrected chi connectivity index (χ2v) is 5.80. The highest BCUT2D eigenvalue weighted by molar-refractivity contribution is 9.10. The van der Waals surface area contributed by atoms with Crippen LogP contribution in [0.25, 0.3) is 0 Å². The number of nitrogens with one attached hydrogen (secondary N) is 1. The van der Waals surface area contributed by atoms with Crippen LogP contribution < -0.4 is 11.1 Å². The van der Waals surface area contributed by atoms with Gasteiger partial charge in [0.2, 0.25) is 5.91 Å². The Morgan fingerprint density at radius 1 is 1.33 bits per heavy atom. The van der Waals surface area contributed by atoms with E-state index in [-0.39, 0.29) is 17.4 Å². The van der Waals surface area contributed by atoms with Crippen molar-refractivity contribution in [3.05, 3.63) is 57.3 Å². The predicted octanol–water partition coefficient (Wildman–Crippen LogP) is 4.40. The van der Waals surface area contributed by atoms with Gasteiger partial charge in [-0.1, -0.05) is 23.7 Å². The van der Waals surface area contributed by atoms with Crippen molar-refractivity contribution in [1.29, 1.82) is 0 Å². The first-order valence-electron chi connectivity index (χ1n) is 6.24. The number of amides is 1. The van der Waals surface area contributed by atoms with E-state index in [1.165, 1.54) is 6.07 Å². The number of carbonyl (C=O) groups excluding carboxylic acids is 1. The molecule has 0 atom stereocenters. The van der Waals surface area contributed by atoms with Crippen molar-refractivity contribution in [2.75, 3.05) is 11.1 Å². The third-order valence-corrected chi connectivity index (χ3v) is 3.79. The van der Waals surface area contributed by atoms with E-state index in [0.717, 1.165) is 11.6 Å². The second kappa shape index (κ2) is 6.91. The van der Waals surface area contributed by atoms with Gasteiger partial charge in [-0.15, -0.1) is 0 Å². The highest BCUT2D eigenvalue weighted by Gasteiger charge is 2.11. The van der Waals surface area contributed by atoms with Gasteiger partial charge < -0.3 is 11.1 Å². The normalized spacial score (nSPS) is 10.4. The fourth-order valence-electron chi connectivity index (χ4n) is 1.87. The van der Waals surface area contributed by atoms with Crippen LogP contribution in [0.5, 0.6) is 0 Å². The molecule has 6 heteroatoms. The van der Waals surface area contributed by atoms with Crippen molar-refractivity contribution in [3.8, 4) is 0 Å². The maximum atomic E-state index is 13.1. The zero-order valence-electron chi connectivity index (χ0n) is 11.0. The van der Waals surface area contributed by atoms with Crippen LogP contribution in [0.15, 0.2) is 40.9 Å². The Hall–Kier alpha value is -1.59. The smallest absolute Gasteiger partial charge is 0.224 e. The van der Waals surface area contributed by atoms with Gasteiger partial charge in [0.1, 0.15) is 5.82 Å². The summed E-state index contributed by atoms with van der Waals surface area (Å²) in [6.45, 7) is 0. The lowest BCUT2D eigenvalue weighted by molar-refractivity contribution is -0.116. The van der Waals surface area contributed by atoms with Crippen LogP contribution in [0.3, 0.4) is 0 Å². The van der Waals surface area contributed by atoms with Gasteiger partial charge in [-0.25, -0.2) is 4.39 Å². The van der Waals surface area contributed by atoms with Crippen LogP contribution in [0.2, 0.25) is 5.02 Å². The number of nitrogen functional groups attached to an aromatic ring is 1. The lowest BCUT2D eigenvalue weighted by Crippen LogP contribution is -2.13. The number of halogens is 3. The van der Waals surface area contributed by atoms with Crippen molar-refractivity contribution in [2.45, 2.75) is 12.8 Å². The van der Waals surface area contributed by atoms with E-state index in [9.17, 15) is 9.18 Å².